The average molecular weight is 228 g/mol. The lowest BCUT2D eigenvalue weighted by atomic mass is 9.99. The predicted octanol–water partition coefficient (Wildman–Crippen LogP) is 2.64. The predicted molar refractivity (Wildman–Crippen MR) is 68.8 cm³/mol. The van der Waals surface area contributed by atoms with Crippen LogP contribution in [0, 0.1) is 5.92 Å². The molecule has 0 bridgehead atoms. The molecule has 1 aromatic heterocycles. The van der Waals surface area contributed by atoms with Gasteiger partial charge in [0.15, 0.2) is 0 Å². The second-order valence-corrected chi connectivity index (χ2v) is 4.59. The molecule has 0 saturated heterocycles. The maximum Gasteiger partial charge on any atom is 0.258 e. The number of hydrogen-bond donors (Lipinski definition) is 1. The van der Waals surface area contributed by atoms with E-state index in [9.17, 15) is 4.79 Å². The highest BCUT2D eigenvalue weighted by molar-refractivity contribution is 5.62. The minimum atomic E-state index is -0.0957. The first-order valence-electron chi connectivity index (χ1n) is 5.79. The largest absolute Gasteiger partial charge is 0.313 e. The van der Waals surface area contributed by atoms with Crippen molar-refractivity contribution in [2.75, 3.05) is 0 Å². The van der Waals surface area contributed by atoms with E-state index >= 15 is 0 Å². The molecule has 3 nitrogen and oxygen atoms in total. The van der Waals surface area contributed by atoms with Gasteiger partial charge < -0.3 is 4.98 Å². The third-order valence-corrected chi connectivity index (χ3v) is 2.60. The van der Waals surface area contributed by atoms with E-state index in [0.29, 0.717) is 11.5 Å². The number of hydrogen-bond acceptors (Lipinski definition) is 2. The molecule has 0 amide bonds. The Morgan fingerprint density at radius 2 is 2.18 bits per heavy atom. The summed E-state index contributed by atoms with van der Waals surface area (Å²) in [6.45, 7) is 4.37. The molecule has 0 aliphatic carbocycles. The molecule has 0 spiro atoms. The molecule has 0 unspecified atom stereocenters. The van der Waals surface area contributed by atoms with Gasteiger partial charge in [-0.25, -0.2) is 4.98 Å². The fourth-order valence-corrected chi connectivity index (χ4v) is 1.89. The Morgan fingerprint density at radius 1 is 1.35 bits per heavy atom. The lowest BCUT2D eigenvalue weighted by molar-refractivity contribution is 0.647. The van der Waals surface area contributed by atoms with E-state index in [2.05, 4.69) is 35.9 Å². The van der Waals surface area contributed by atoms with Gasteiger partial charge in [-0.05, 0) is 23.5 Å². The molecule has 2 aromatic rings. The number of aromatic nitrogens is 2. The Morgan fingerprint density at radius 3 is 2.88 bits per heavy atom. The average Bonchev–Trinajstić information content (AvgIpc) is 2.29. The number of nitrogens with one attached hydrogen (secondary N) is 1. The van der Waals surface area contributed by atoms with Crippen LogP contribution < -0.4 is 5.56 Å². The number of nitrogens with zero attached hydrogens (tertiary/aromatic N) is 1. The first-order valence-corrected chi connectivity index (χ1v) is 5.79. The third-order valence-electron chi connectivity index (χ3n) is 2.60. The van der Waals surface area contributed by atoms with Gasteiger partial charge in [0.05, 0.1) is 11.9 Å². The zero-order chi connectivity index (χ0) is 12.3. The van der Waals surface area contributed by atoms with Crippen LogP contribution >= 0.6 is 0 Å². The highest BCUT2D eigenvalue weighted by Gasteiger charge is 2.04. The molecule has 3 heteroatoms. The van der Waals surface area contributed by atoms with E-state index in [-0.39, 0.29) is 5.56 Å². The summed E-state index contributed by atoms with van der Waals surface area (Å²) in [6.07, 6.45) is 4.03. The standard InChI is InChI=1S/C14H16N2O/c1-10(2)6-11-4-3-5-12(7-11)13-8-15-9-16-14(13)17/h3-5,7-10H,6H2,1-2H3,(H,15,16,17). The molecule has 0 atom stereocenters. The van der Waals surface area contributed by atoms with Crippen molar-refractivity contribution in [3.63, 3.8) is 0 Å². The van der Waals surface area contributed by atoms with Gasteiger partial charge in [-0.1, -0.05) is 38.1 Å². The van der Waals surface area contributed by atoms with Gasteiger partial charge in [0.25, 0.3) is 5.56 Å². The quantitative estimate of drug-likeness (QED) is 0.877. The Balaban J connectivity index is 2.40. The molecule has 0 fully saturated rings. The van der Waals surface area contributed by atoms with E-state index in [1.54, 1.807) is 6.20 Å². The molecule has 0 aliphatic heterocycles. The highest BCUT2D eigenvalue weighted by Crippen LogP contribution is 2.17. The zero-order valence-corrected chi connectivity index (χ0v) is 10.1. The van der Waals surface area contributed by atoms with Crippen LogP contribution in [0.2, 0.25) is 0 Å². The topological polar surface area (TPSA) is 45.8 Å². The van der Waals surface area contributed by atoms with Crippen molar-refractivity contribution in [3.05, 3.63) is 52.7 Å². The summed E-state index contributed by atoms with van der Waals surface area (Å²) >= 11 is 0. The fourth-order valence-electron chi connectivity index (χ4n) is 1.89. The Kier molecular flexibility index (Phi) is 3.38. The van der Waals surface area contributed by atoms with Gasteiger partial charge in [-0.2, -0.15) is 0 Å². The lowest BCUT2D eigenvalue weighted by Crippen LogP contribution is -2.08. The van der Waals surface area contributed by atoms with E-state index in [1.165, 1.54) is 11.9 Å². The lowest BCUT2D eigenvalue weighted by Gasteiger charge is -2.06. The molecule has 1 aromatic carbocycles. The van der Waals surface area contributed by atoms with Crippen LogP contribution in [0.3, 0.4) is 0 Å². The second kappa shape index (κ2) is 4.95. The molecule has 17 heavy (non-hydrogen) atoms. The van der Waals surface area contributed by atoms with Crippen molar-refractivity contribution < 1.29 is 0 Å². The summed E-state index contributed by atoms with van der Waals surface area (Å²) in [5.41, 5.74) is 2.71. The molecule has 1 N–H and O–H groups in total. The minimum Gasteiger partial charge on any atom is -0.313 e. The summed E-state index contributed by atoms with van der Waals surface area (Å²) in [7, 11) is 0. The van der Waals surface area contributed by atoms with Gasteiger partial charge in [0.2, 0.25) is 0 Å². The summed E-state index contributed by atoms with van der Waals surface area (Å²) in [5, 5.41) is 0. The zero-order valence-electron chi connectivity index (χ0n) is 10.1. The maximum atomic E-state index is 11.7. The fraction of sp³-hybridized carbons (Fsp3) is 0.286. The van der Waals surface area contributed by atoms with Crippen molar-refractivity contribution in [3.8, 4) is 11.1 Å². The number of aromatic amines is 1. The molecule has 88 valence electrons. The number of rotatable bonds is 3. The third kappa shape index (κ3) is 2.81. The normalized spacial score (nSPS) is 10.8. The molecule has 0 radical (unpaired) electrons. The minimum absolute atomic E-state index is 0.0957. The summed E-state index contributed by atoms with van der Waals surface area (Å²) in [6, 6.07) is 8.08. The summed E-state index contributed by atoms with van der Waals surface area (Å²) in [4.78, 5) is 18.2. The first kappa shape index (κ1) is 11.6. The van der Waals surface area contributed by atoms with Crippen LogP contribution in [-0.2, 0) is 6.42 Å². The highest BCUT2D eigenvalue weighted by atomic mass is 16.1. The number of benzene rings is 1. The van der Waals surface area contributed by atoms with E-state index < -0.39 is 0 Å². The van der Waals surface area contributed by atoms with E-state index in [4.69, 9.17) is 0 Å². The molecule has 2 rings (SSSR count). The van der Waals surface area contributed by atoms with E-state index in [0.717, 1.165) is 12.0 Å². The number of H-pyrrole nitrogens is 1. The van der Waals surface area contributed by atoms with Crippen LogP contribution in [0.4, 0.5) is 0 Å². The van der Waals surface area contributed by atoms with Crippen molar-refractivity contribution in [2.24, 2.45) is 5.92 Å². The van der Waals surface area contributed by atoms with Crippen LogP contribution in [0.15, 0.2) is 41.6 Å². The Bertz CT molecular complexity index is 558. The molecule has 1 heterocycles. The van der Waals surface area contributed by atoms with Gasteiger partial charge >= 0.3 is 0 Å². The van der Waals surface area contributed by atoms with Crippen molar-refractivity contribution >= 4 is 0 Å². The first-order chi connectivity index (χ1) is 8.16. The van der Waals surface area contributed by atoms with Crippen LogP contribution in [-0.4, -0.2) is 9.97 Å². The second-order valence-electron chi connectivity index (χ2n) is 4.59. The van der Waals surface area contributed by atoms with Gasteiger partial charge in [-0.15, -0.1) is 0 Å². The van der Waals surface area contributed by atoms with Gasteiger partial charge in [0.1, 0.15) is 0 Å². The monoisotopic (exact) mass is 228 g/mol. The van der Waals surface area contributed by atoms with Gasteiger partial charge in [0, 0.05) is 6.20 Å². The maximum absolute atomic E-state index is 11.7. The molecular weight excluding hydrogens is 212 g/mol. The Labute approximate surface area is 101 Å². The van der Waals surface area contributed by atoms with Crippen LogP contribution in [0.25, 0.3) is 11.1 Å². The van der Waals surface area contributed by atoms with Crippen molar-refractivity contribution in [1.29, 1.82) is 0 Å². The van der Waals surface area contributed by atoms with E-state index in [1.807, 2.05) is 12.1 Å². The van der Waals surface area contributed by atoms with Crippen molar-refractivity contribution in [2.45, 2.75) is 20.3 Å². The summed E-state index contributed by atoms with van der Waals surface area (Å²) < 4.78 is 0. The smallest absolute Gasteiger partial charge is 0.258 e. The summed E-state index contributed by atoms with van der Waals surface area (Å²) in [5.74, 6) is 0.609. The molecule has 0 aliphatic rings. The Hall–Kier alpha value is -1.90. The molecule has 0 saturated carbocycles. The van der Waals surface area contributed by atoms with Gasteiger partial charge in [-0.3, -0.25) is 4.79 Å². The van der Waals surface area contributed by atoms with Crippen LogP contribution in [0.5, 0.6) is 0 Å². The molecular formula is C14H16N2O. The van der Waals surface area contributed by atoms with Crippen molar-refractivity contribution in [1.82, 2.24) is 9.97 Å². The van der Waals surface area contributed by atoms with Crippen LogP contribution in [0.1, 0.15) is 19.4 Å². The SMILES string of the molecule is CC(C)Cc1cccc(-c2cnc[nH]c2=O)c1.